The van der Waals surface area contributed by atoms with Crippen molar-refractivity contribution in [2.75, 3.05) is 0 Å². The number of carbonyl (C=O) groups excluding carboxylic acids is 1. The summed E-state index contributed by atoms with van der Waals surface area (Å²) in [6.45, 7) is 6.79. The van der Waals surface area contributed by atoms with Crippen LogP contribution in [0.1, 0.15) is 39.8 Å². The maximum atomic E-state index is 12.3. The number of hydrogen-bond acceptors (Lipinski definition) is 3. The number of ketones is 1. The summed E-state index contributed by atoms with van der Waals surface area (Å²) in [4.78, 5) is 14.7. The Morgan fingerprint density at radius 2 is 2.06 bits per heavy atom. The van der Waals surface area contributed by atoms with Gasteiger partial charge in [0, 0.05) is 22.7 Å². The van der Waals surface area contributed by atoms with Gasteiger partial charge in [-0.05, 0) is 38.5 Å². The van der Waals surface area contributed by atoms with Crippen LogP contribution in [0.5, 0.6) is 0 Å². The summed E-state index contributed by atoms with van der Waals surface area (Å²) in [5, 5.41) is 4.31. The lowest BCUT2D eigenvalue weighted by atomic mass is 10.2. The van der Waals surface area contributed by atoms with E-state index in [-0.39, 0.29) is 5.78 Å². The minimum atomic E-state index is 0.155. The van der Waals surface area contributed by atoms with Crippen LogP contribution in [-0.4, -0.2) is 15.6 Å². The Labute approximate surface area is 111 Å². The predicted molar refractivity (Wildman–Crippen MR) is 74.4 cm³/mol. The first-order chi connectivity index (χ1) is 8.63. The van der Waals surface area contributed by atoms with E-state index in [1.54, 1.807) is 16.0 Å². The predicted octanol–water partition coefficient (Wildman–Crippen LogP) is 3.26. The smallest absolute Gasteiger partial charge is 0.186 e. The van der Waals surface area contributed by atoms with Crippen molar-refractivity contribution in [2.24, 2.45) is 0 Å². The first kappa shape index (κ1) is 13.0. The molecule has 0 saturated carbocycles. The van der Waals surface area contributed by atoms with E-state index >= 15 is 0 Å². The standard InChI is InChI=1S/C14H18N2OS/c1-4-11-6-7-12(18-11)9-14(17)13-8-10(3)15-16(13)5-2/h6-8H,4-5,9H2,1-3H3. The zero-order valence-electron chi connectivity index (χ0n) is 11.1. The van der Waals surface area contributed by atoms with E-state index in [0.717, 1.165) is 29.2 Å². The number of nitrogens with zero attached hydrogens (tertiary/aromatic N) is 2. The molecule has 2 heterocycles. The molecule has 3 nitrogen and oxygen atoms in total. The van der Waals surface area contributed by atoms with Gasteiger partial charge in [-0.2, -0.15) is 5.10 Å². The van der Waals surface area contributed by atoms with E-state index in [9.17, 15) is 4.79 Å². The van der Waals surface area contributed by atoms with Crippen LogP contribution in [-0.2, 0) is 19.4 Å². The highest BCUT2D eigenvalue weighted by molar-refractivity contribution is 7.12. The highest BCUT2D eigenvalue weighted by Crippen LogP contribution is 2.19. The molecule has 0 radical (unpaired) electrons. The molecule has 2 aromatic heterocycles. The van der Waals surface area contributed by atoms with Gasteiger partial charge in [-0.15, -0.1) is 11.3 Å². The van der Waals surface area contributed by atoms with Crippen LogP contribution in [0.4, 0.5) is 0 Å². The zero-order chi connectivity index (χ0) is 13.1. The molecule has 0 aliphatic carbocycles. The number of hydrogen-bond donors (Lipinski definition) is 0. The molecule has 96 valence electrons. The minimum Gasteiger partial charge on any atom is -0.292 e. The molecule has 0 unspecified atom stereocenters. The van der Waals surface area contributed by atoms with Gasteiger partial charge in [0.05, 0.1) is 5.69 Å². The molecular formula is C14H18N2OS. The quantitative estimate of drug-likeness (QED) is 0.775. The number of rotatable bonds is 5. The second kappa shape index (κ2) is 5.48. The molecule has 0 saturated heterocycles. The van der Waals surface area contributed by atoms with Gasteiger partial charge in [0.1, 0.15) is 5.69 Å². The normalized spacial score (nSPS) is 10.8. The molecule has 0 aliphatic heterocycles. The van der Waals surface area contributed by atoms with Crippen LogP contribution in [0.25, 0.3) is 0 Å². The molecule has 0 N–H and O–H groups in total. The Bertz CT molecular complexity index is 554. The Balaban J connectivity index is 2.16. The fourth-order valence-electron chi connectivity index (χ4n) is 1.97. The van der Waals surface area contributed by atoms with E-state index < -0.39 is 0 Å². The number of carbonyl (C=O) groups is 1. The van der Waals surface area contributed by atoms with Crippen LogP contribution in [0.15, 0.2) is 18.2 Å². The average Bonchev–Trinajstić information content (AvgIpc) is 2.95. The van der Waals surface area contributed by atoms with Crippen molar-refractivity contribution in [3.63, 3.8) is 0 Å². The van der Waals surface area contributed by atoms with E-state index in [1.165, 1.54) is 4.88 Å². The fraction of sp³-hybridized carbons (Fsp3) is 0.429. The van der Waals surface area contributed by atoms with Crippen LogP contribution in [0.3, 0.4) is 0 Å². The van der Waals surface area contributed by atoms with Crippen molar-refractivity contribution in [2.45, 2.75) is 40.2 Å². The average molecular weight is 262 g/mol. The zero-order valence-corrected chi connectivity index (χ0v) is 11.9. The maximum Gasteiger partial charge on any atom is 0.186 e. The lowest BCUT2D eigenvalue weighted by molar-refractivity contribution is 0.0983. The second-order valence-corrected chi connectivity index (χ2v) is 5.56. The molecule has 0 aromatic carbocycles. The molecule has 0 aliphatic rings. The molecule has 0 spiro atoms. The number of thiophene rings is 1. The van der Waals surface area contributed by atoms with Gasteiger partial charge >= 0.3 is 0 Å². The van der Waals surface area contributed by atoms with Gasteiger partial charge in [0.15, 0.2) is 5.78 Å². The molecule has 2 aromatic rings. The van der Waals surface area contributed by atoms with Gasteiger partial charge in [-0.1, -0.05) is 6.92 Å². The molecule has 0 atom stereocenters. The first-order valence-corrected chi connectivity index (χ1v) is 7.11. The Morgan fingerprint density at radius 3 is 2.67 bits per heavy atom. The lowest BCUT2D eigenvalue weighted by Crippen LogP contribution is -2.11. The summed E-state index contributed by atoms with van der Waals surface area (Å²) in [6.07, 6.45) is 1.51. The van der Waals surface area contributed by atoms with Crippen molar-refractivity contribution in [1.82, 2.24) is 9.78 Å². The second-order valence-electron chi connectivity index (χ2n) is 4.31. The first-order valence-electron chi connectivity index (χ1n) is 6.29. The van der Waals surface area contributed by atoms with E-state index in [2.05, 4.69) is 24.2 Å². The van der Waals surface area contributed by atoms with Crippen LogP contribution in [0.2, 0.25) is 0 Å². The number of Topliss-reactive ketones (excluding diaryl/α,β-unsaturated/α-hetero) is 1. The third kappa shape index (κ3) is 2.70. The topological polar surface area (TPSA) is 34.9 Å². The van der Waals surface area contributed by atoms with E-state index in [4.69, 9.17) is 0 Å². The Kier molecular flexibility index (Phi) is 3.97. The Morgan fingerprint density at radius 1 is 1.33 bits per heavy atom. The number of aromatic nitrogens is 2. The van der Waals surface area contributed by atoms with Crippen molar-refractivity contribution >= 4 is 17.1 Å². The summed E-state index contributed by atoms with van der Waals surface area (Å²) in [7, 11) is 0. The van der Waals surface area contributed by atoms with Crippen molar-refractivity contribution in [3.05, 3.63) is 39.3 Å². The van der Waals surface area contributed by atoms with Crippen LogP contribution >= 0.6 is 11.3 Å². The van der Waals surface area contributed by atoms with E-state index in [0.29, 0.717) is 6.42 Å². The number of aryl methyl sites for hydroxylation is 3. The van der Waals surface area contributed by atoms with Crippen molar-refractivity contribution in [3.8, 4) is 0 Å². The van der Waals surface area contributed by atoms with Gasteiger partial charge in [0.25, 0.3) is 0 Å². The van der Waals surface area contributed by atoms with Crippen LogP contribution < -0.4 is 0 Å². The summed E-state index contributed by atoms with van der Waals surface area (Å²) in [6, 6.07) is 6.04. The highest BCUT2D eigenvalue weighted by Gasteiger charge is 2.14. The van der Waals surface area contributed by atoms with Gasteiger partial charge in [-0.25, -0.2) is 0 Å². The third-order valence-electron chi connectivity index (χ3n) is 2.89. The molecular weight excluding hydrogens is 244 g/mol. The Hall–Kier alpha value is -1.42. The van der Waals surface area contributed by atoms with Gasteiger partial charge in [0.2, 0.25) is 0 Å². The molecule has 18 heavy (non-hydrogen) atoms. The maximum absolute atomic E-state index is 12.3. The third-order valence-corrected chi connectivity index (χ3v) is 4.12. The summed E-state index contributed by atoms with van der Waals surface area (Å²) in [5.41, 5.74) is 1.63. The van der Waals surface area contributed by atoms with Crippen LogP contribution in [0, 0.1) is 6.92 Å². The lowest BCUT2D eigenvalue weighted by Gasteiger charge is -2.02. The SMILES string of the molecule is CCc1ccc(CC(=O)c2cc(C)nn2CC)s1. The molecule has 0 bridgehead atoms. The highest BCUT2D eigenvalue weighted by atomic mass is 32.1. The summed E-state index contributed by atoms with van der Waals surface area (Å²) in [5.74, 6) is 0.155. The molecule has 2 rings (SSSR count). The van der Waals surface area contributed by atoms with Crippen molar-refractivity contribution in [1.29, 1.82) is 0 Å². The summed E-state index contributed by atoms with van der Waals surface area (Å²) < 4.78 is 1.78. The van der Waals surface area contributed by atoms with Gasteiger partial charge in [-0.3, -0.25) is 9.48 Å². The van der Waals surface area contributed by atoms with E-state index in [1.807, 2.05) is 19.9 Å². The molecule has 0 amide bonds. The fourth-order valence-corrected chi connectivity index (χ4v) is 2.92. The molecule has 4 heteroatoms. The van der Waals surface area contributed by atoms with Gasteiger partial charge < -0.3 is 0 Å². The largest absolute Gasteiger partial charge is 0.292 e. The summed E-state index contributed by atoms with van der Waals surface area (Å²) >= 11 is 1.73. The minimum absolute atomic E-state index is 0.155. The monoisotopic (exact) mass is 262 g/mol. The molecule has 0 fully saturated rings. The van der Waals surface area contributed by atoms with Crippen molar-refractivity contribution < 1.29 is 4.79 Å².